The summed E-state index contributed by atoms with van der Waals surface area (Å²) in [6.45, 7) is 0. The first-order valence-electron chi connectivity index (χ1n) is 16.2. The van der Waals surface area contributed by atoms with Gasteiger partial charge in [0.2, 0.25) is 0 Å². The normalized spacial score (nSPS) is 11.4. The van der Waals surface area contributed by atoms with Crippen LogP contribution in [0.15, 0.2) is 188 Å². The summed E-state index contributed by atoms with van der Waals surface area (Å²) in [4.78, 5) is 2.38. The van der Waals surface area contributed by atoms with Crippen molar-refractivity contribution in [2.24, 2.45) is 0 Å². The molecule has 0 aromatic heterocycles. The van der Waals surface area contributed by atoms with Gasteiger partial charge < -0.3 is 4.90 Å². The van der Waals surface area contributed by atoms with E-state index in [0.717, 1.165) is 17.1 Å². The van der Waals surface area contributed by atoms with Crippen molar-refractivity contribution in [2.75, 3.05) is 4.90 Å². The van der Waals surface area contributed by atoms with Crippen molar-refractivity contribution >= 4 is 60.2 Å². The predicted octanol–water partition coefficient (Wildman–Crippen LogP) is 13.1. The topological polar surface area (TPSA) is 3.24 Å². The quantitative estimate of drug-likeness (QED) is 0.178. The second-order valence-electron chi connectivity index (χ2n) is 12.2. The lowest BCUT2D eigenvalue weighted by atomic mass is 9.94. The maximum atomic E-state index is 2.38. The molecule has 0 fully saturated rings. The molecule has 0 saturated heterocycles. The number of hydrogen-bond acceptors (Lipinski definition) is 1. The van der Waals surface area contributed by atoms with E-state index < -0.39 is 0 Å². The lowest BCUT2D eigenvalue weighted by Gasteiger charge is -2.26. The summed E-state index contributed by atoms with van der Waals surface area (Å²) in [7, 11) is 0. The van der Waals surface area contributed by atoms with Gasteiger partial charge in [0.05, 0.1) is 0 Å². The van der Waals surface area contributed by atoms with Crippen LogP contribution in [0.1, 0.15) is 0 Å². The van der Waals surface area contributed by atoms with E-state index in [1.54, 1.807) is 0 Å². The van der Waals surface area contributed by atoms with Crippen molar-refractivity contribution in [3.63, 3.8) is 0 Å². The van der Waals surface area contributed by atoms with Crippen LogP contribution in [0.25, 0.3) is 65.3 Å². The fraction of sp³-hybridized carbons (Fsp3) is 0. The van der Waals surface area contributed by atoms with Crippen LogP contribution in [-0.2, 0) is 0 Å². The fourth-order valence-corrected chi connectivity index (χ4v) is 7.09. The van der Waals surface area contributed by atoms with Crippen LogP contribution in [-0.4, -0.2) is 0 Å². The van der Waals surface area contributed by atoms with Gasteiger partial charge in [-0.3, -0.25) is 0 Å². The number of benzene rings is 9. The molecule has 0 heterocycles. The highest BCUT2D eigenvalue weighted by atomic mass is 15.1. The number of hydrogen-bond donors (Lipinski definition) is 0. The second-order valence-corrected chi connectivity index (χ2v) is 12.2. The molecule has 220 valence electrons. The van der Waals surface area contributed by atoms with Crippen molar-refractivity contribution in [2.45, 2.75) is 0 Å². The molecule has 0 aliphatic rings. The number of fused-ring (bicyclic) bond motifs is 7. The Hall–Kier alpha value is -6.18. The van der Waals surface area contributed by atoms with Crippen molar-refractivity contribution in [3.8, 4) is 22.3 Å². The Morgan fingerprint density at radius 2 is 0.660 bits per heavy atom. The lowest BCUT2D eigenvalue weighted by Crippen LogP contribution is -2.10. The first-order valence-corrected chi connectivity index (χ1v) is 16.2. The van der Waals surface area contributed by atoms with Gasteiger partial charge in [-0.05, 0) is 108 Å². The van der Waals surface area contributed by atoms with Crippen LogP contribution in [0.5, 0.6) is 0 Å². The van der Waals surface area contributed by atoms with E-state index in [1.165, 1.54) is 65.3 Å². The van der Waals surface area contributed by atoms with Gasteiger partial charge in [0.15, 0.2) is 0 Å². The monoisotopic (exact) mass is 597 g/mol. The summed E-state index contributed by atoms with van der Waals surface area (Å²) < 4.78 is 0. The molecule has 0 radical (unpaired) electrons. The van der Waals surface area contributed by atoms with Crippen LogP contribution in [0.4, 0.5) is 17.1 Å². The molecule has 0 aliphatic carbocycles. The Bertz CT molecular complexity index is 2510. The Kier molecular flexibility index (Phi) is 6.54. The molecule has 0 bridgehead atoms. The number of nitrogens with zero attached hydrogens (tertiary/aromatic N) is 1. The number of rotatable bonds is 5. The van der Waals surface area contributed by atoms with E-state index >= 15 is 0 Å². The molecular weight excluding hydrogens is 567 g/mol. The second kappa shape index (κ2) is 11.3. The van der Waals surface area contributed by atoms with Crippen molar-refractivity contribution in [1.82, 2.24) is 0 Å². The van der Waals surface area contributed by atoms with Gasteiger partial charge in [-0.1, -0.05) is 146 Å². The summed E-state index contributed by atoms with van der Waals surface area (Å²) in [6.07, 6.45) is 0. The zero-order valence-corrected chi connectivity index (χ0v) is 25.8. The molecule has 47 heavy (non-hydrogen) atoms. The first kappa shape index (κ1) is 27.2. The molecule has 1 heteroatoms. The van der Waals surface area contributed by atoms with Crippen LogP contribution >= 0.6 is 0 Å². The molecule has 9 rings (SSSR count). The Morgan fingerprint density at radius 1 is 0.234 bits per heavy atom. The molecule has 9 aromatic carbocycles. The Morgan fingerprint density at radius 3 is 1.28 bits per heavy atom. The summed E-state index contributed by atoms with van der Waals surface area (Å²) in [6, 6.07) is 68.2. The van der Waals surface area contributed by atoms with E-state index in [9.17, 15) is 0 Å². The molecule has 0 N–H and O–H groups in total. The molecule has 9 aromatic rings. The fourth-order valence-electron chi connectivity index (χ4n) is 7.09. The molecule has 0 amide bonds. The minimum absolute atomic E-state index is 1.12. The van der Waals surface area contributed by atoms with Gasteiger partial charge in [-0.25, -0.2) is 0 Å². The third kappa shape index (κ3) is 4.81. The molecule has 0 spiro atoms. The molecule has 0 atom stereocenters. The van der Waals surface area contributed by atoms with E-state index in [0.29, 0.717) is 0 Å². The molecule has 1 nitrogen and oxygen atoms in total. The summed E-state index contributed by atoms with van der Waals surface area (Å²) in [5.41, 5.74) is 8.21. The minimum Gasteiger partial charge on any atom is -0.310 e. The van der Waals surface area contributed by atoms with Gasteiger partial charge in [-0.2, -0.15) is 0 Å². The Labute approximate surface area is 274 Å². The highest BCUT2D eigenvalue weighted by Crippen LogP contribution is 2.41. The largest absolute Gasteiger partial charge is 0.310 e. The average Bonchev–Trinajstić information content (AvgIpc) is 3.16. The lowest BCUT2D eigenvalue weighted by molar-refractivity contribution is 1.29. The summed E-state index contributed by atoms with van der Waals surface area (Å²) in [5, 5.41) is 10.2. The maximum Gasteiger partial charge on any atom is 0.0468 e. The van der Waals surface area contributed by atoms with Gasteiger partial charge in [0, 0.05) is 17.1 Å². The zero-order valence-electron chi connectivity index (χ0n) is 25.8. The standard InChI is InChI=1S/C46H31N/c1-2-10-32(11-3-1)34-20-24-38(25-21-34)47(39-26-22-35(23-27-39)37-19-18-33-12-4-5-13-36(33)30-37)40-28-29-45-43-16-7-6-14-41(43)42-15-8-9-17-44(42)46(45)31-40/h1-31H. The van der Waals surface area contributed by atoms with Crippen LogP contribution in [0.3, 0.4) is 0 Å². The molecular formula is C46H31N. The van der Waals surface area contributed by atoms with Crippen LogP contribution in [0, 0.1) is 0 Å². The van der Waals surface area contributed by atoms with Crippen LogP contribution < -0.4 is 4.90 Å². The molecule has 0 unspecified atom stereocenters. The average molecular weight is 598 g/mol. The van der Waals surface area contributed by atoms with Crippen molar-refractivity contribution < 1.29 is 0 Å². The first-order chi connectivity index (χ1) is 23.3. The number of anilines is 3. The van der Waals surface area contributed by atoms with Gasteiger partial charge >= 0.3 is 0 Å². The summed E-state index contributed by atoms with van der Waals surface area (Å²) in [5.74, 6) is 0. The highest BCUT2D eigenvalue weighted by Gasteiger charge is 2.16. The predicted molar refractivity (Wildman–Crippen MR) is 202 cm³/mol. The Balaban J connectivity index is 1.20. The smallest absolute Gasteiger partial charge is 0.0468 e. The molecule has 0 aliphatic heterocycles. The van der Waals surface area contributed by atoms with E-state index in [1.807, 2.05) is 0 Å². The van der Waals surface area contributed by atoms with Gasteiger partial charge in [0.25, 0.3) is 0 Å². The zero-order chi connectivity index (χ0) is 31.2. The SMILES string of the molecule is c1ccc(-c2ccc(N(c3ccc(-c4ccc5ccccc5c4)cc3)c3ccc4c5ccccc5c5ccccc5c4c3)cc2)cc1. The van der Waals surface area contributed by atoms with Crippen LogP contribution in [0.2, 0.25) is 0 Å². The van der Waals surface area contributed by atoms with Gasteiger partial charge in [0.1, 0.15) is 0 Å². The van der Waals surface area contributed by atoms with Crippen molar-refractivity contribution in [3.05, 3.63) is 188 Å². The van der Waals surface area contributed by atoms with Crippen molar-refractivity contribution in [1.29, 1.82) is 0 Å². The highest BCUT2D eigenvalue weighted by molar-refractivity contribution is 6.25. The van der Waals surface area contributed by atoms with E-state index in [2.05, 4.69) is 193 Å². The maximum absolute atomic E-state index is 2.38. The summed E-state index contributed by atoms with van der Waals surface area (Å²) >= 11 is 0. The van der Waals surface area contributed by atoms with Gasteiger partial charge in [-0.15, -0.1) is 0 Å². The third-order valence-electron chi connectivity index (χ3n) is 9.43. The minimum atomic E-state index is 1.12. The van der Waals surface area contributed by atoms with E-state index in [4.69, 9.17) is 0 Å². The third-order valence-corrected chi connectivity index (χ3v) is 9.43. The van der Waals surface area contributed by atoms with E-state index in [-0.39, 0.29) is 0 Å². The molecule has 0 saturated carbocycles.